The summed E-state index contributed by atoms with van der Waals surface area (Å²) >= 11 is 0. The zero-order chi connectivity index (χ0) is 20.5. The highest BCUT2D eigenvalue weighted by Crippen LogP contribution is 2.39. The lowest BCUT2D eigenvalue weighted by molar-refractivity contribution is 0.0704. The van der Waals surface area contributed by atoms with E-state index in [2.05, 4.69) is 0 Å². The van der Waals surface area contributed by atoms with Crippen LogP contribution in [-0.2, 0) is 0 Å². The van der Waals surface area contributed by atoms with E-state index in [9.17, 15) is 4.79 Å². The van der Waals surface area contributed by atoms with E-state index in [1.165, 1.54) is 0 Å². The molecule has 1 atom stereocenters. The third-order valence-corrected chi connectivity index (χ3v) is 5.64. The number of carbonyl (C=O) groups excluding carboxylic acids is 1. The highest BCUT2D eigenvalue weighted by Gasteiger charge is 2.34. The van der Waals surface area contributed by atoms with E-state index in [-0.39, 0.29) is 11.9 Å². The average Bonchev–Trinajstić information content (AvgIpc) is 3.37. The Morgan fingerprint density at radius 1 is 1.03 bits per heavy atom. The van der Waals surface area contributed by atoms with Crippen molar-refractivity contribution in [1.29, 1.82) is 0 Å². The molecule has 0 radical (unpaired) electrons. The second kappa shape index (κ2) is 7.70. The molecule has 2 aromatic carbocycles. The summed E-state index contributed by atoms with van der Waals surface area (Å²) in [5.74, 6) is 2.38. The van der Waals surface area contributed by atoms with Gasteiger partial charge < -0.3 is 23.5 Å². The summed E-state index contributed by atoms with van der Waals surface area (Å²) < 4.78 is 22.0. The van der Waals surface area contributed by atoms with Gasteiger partial charge in [-0.2, -0.15) is 0 Å². The standard InChI is InChI=1S/C23H25NO5/c1-14-17-13-16(26-2)8-10-19(17)29-22(14)23(25)24-11-5-6-18(24)15-7-9-20(27-3)21(12-15)28-4/h7-10,12-13,18H,5-6,11H2,1-4H3. The molecule has 0 aliphatic carbocycles. The van der Waals surface area contributed by atoms with Crippen LogP contribution in [-0.4, -0.2) is 38.7 Å². The number of likely N-dealkylation sites (tertiary alicyclic amines) is 1. The molecule has 1 aliphatic rings. The Morgan fingerprint density at radius 2 is 1.83 bits per heavy atom. The van der Waals surface area contributed by atoms with Crippen LogP contribution >= 0.6 is 0 Å². The van der Waals surface area contributed by atoms with Gasteiger partial charge in [0.15, 0.2) is 17.3 Å². The highest BCUT2D eigenvalue weighted by atomic mass is 16.5. The Kier molecular flexibility index (Phi) is 5.09. The Hall–Kier alpha value is -3.15. The summed E-state index contributed by atoms with van der Waals surface area (Å²) in [5, 5.41) is 0.898. The number of amides is 1. The second-order valence-electron chi connectivity index (χ2n) is 7.19. The summed E-state index contributed by atoms with van der Waals surface area (Å²) in [6.45, 7) is 2.61. The summed E-state index contributed by atoms with van der Waals surface area (Å²) in [4.78, 5) is 15.3. The molecule has 29 heavy (non-hydrogen) atoms. The van der Waals surface area contributed by atoms with Gasteiger partial charge >= 0.3 is 0 Å². The van der Waals surface area contributed by atoms with Crippen LogP contribution in [0.1, 0.15) is 40.6 Å². The van der Waals surface area contributed by atoms with Crippen molar-refractivity contribution in [2.45, 2.75) is 25.8 Å². The fraction of sp³-hybridized carbons (Fsp3) is 0.348. The van der Waals surface area contributed by atoms with E-state index in [1.54, 1.807) is 21.3 Å². The maximum Gasteiger partial charge on any atom is 0.290 e. The molecule has 6 nitrogen and oxygen atoms in total. The van der Waals surface area contributed by atoms with E-state index in [1.807, 2.05) is 48.2 Å². The smallest absolute Gasteiger partial charge is 0.290 e. The maximum atomic E-state index is 13.4. The molecular weight excluding hydrogens is 370 g/mol. The van der Waals surface area contributed by atoms with Crippen molar-refractivity contribution in [2.24, 2.45) is 0 Å². The van der Waals surface area contributed by atoms with Gasteiger partial charge in [-0.25, -0.2) is 0 Å². The zero-order valence-corrected chi connectivity index (χ0v) is 17.2. The van der Waals surface area contributed by atoms with Crippen LogP contribution in [0.2, 0.25) is 0 Å². The van der Waals surface area contributed by atoms with Crippen LogP contribution in [0.3, 0.4) is 0 Å². The van der Waals surface area contributed by atoms with Gasteiger partial charge in [0.2, 0.25) is 0 Å². The number of furan rings is 1. The molecule has 1 saturated heterocycles. The maximum absolute atomic E-state index is 13.4. The number of hydrogen-bond donors (Lipinski definition) is 0. The van der Waals surface area contributed by atoms with Gasteiger partial charge in [-0.15, -0.1) is 0 Å². The minimum atomic E-state index is -0.0880. The molecule has 1 fully saturated rings. The van der Waals surface area contributed by atoms with Crippen molar-refractivity contribution in [1.82, 2.24) is 4.90 Å². The minimum Gasteiger partial charge on any atom is -0.497 e. The molecule has 6 heteroatoms. The normalized spacial score (nSPS) is 16.3. The summed E-state index contributed by atoms with van der Waals surface area (Å²) in [5.41, 5.74) is 2.55. The molecule has 0 saturated carbocycles. The molecule has 0 bridgehead atoms. The summed E-state index contributed by atoms with van der Waals surface area (Å²) in [6, 6.07) is 11.4. The predicted molar refractivity (Wildman–Crippen MR) is 110 cm³/mol. The van der Waals surface area contributed by atoms with Crippen LogP contribution in [0.25, 0.3) is 11.0 Å². The SMILES string of the molecule is COc1ccc2oc(C(=O)N3CCCC3c3ccc(OC)c(OC)c3)c(C)c2c1. The number of ether oxygens (including phenoxy) is 3. The molecule has 1 amide bonds. The lowest BCUT2D eigenvalue weighted by atomic mass is 10.0. The Bertz CT molecular complexity index is 1050. The van der Waals surface area contributed by atoms with Gasteiger partial charge in [-0.05, 0) is 55.7 Å². The lowest BCUT2D eigenvalue weighted by Crippen LogP contribution is -2.30. The first kappa shape index (κ1) is 19.2. The number of carbonyl (C=O) groups is 1. The fourth-order valence-corrected chi connectivity index (χ4v) is 4.08. The minimum absolute atomic E-state index is 0.0237. The number of benzene rings is 2. The van der Waals surface area contributed by atoms with E-state index in [0.29, 0.717) is 29.4 Å². The van der Waals surface area contributed by atoms with E-state index in [0.717, 1.165) is 35.1 Å². The number of fused-ring (bicyclic) bond motifs is 1. The molecule has 3 aromatic rings. The van der Waals surface area contributed by atoms with Gasteiger partial charge in [0.05, 0.1) is 27.4 Å². The Balaban J connectivity index is 1.68. The first-order chi connectivity index (χ1) is 14.1. The number of nitrogens with zero attached hydrogens (tertiary/aromatic N) is 1. The molecule has 152 valence electrons. The molecule has 4 rings (SSSR count). The van der Waals surface area contributed by atoms with Crippen molar-refractivity contribution < 1.29 is 23.4 Å². The van der Waals surface area contributed by atoms with E-state index >= 15 is 0 Å². The van der Waals surface area contributed by atoms with Crippen molar-refractivity contribution >= 4 is 16.9 Å². The van der Waals surface area contributed by atoms with Crippen LogP contribution < -0.4 is 14.2 Å². The van der Waals surface area contributed by atoms with Crippen LogP contribution in [0.4, 0.5) is 0 Å². The van der Waals surface area contributed by atoms with Crippen LogP contribution in [0, 0.1) is 6.92 Å². The van der Waals surface area contributed by atoms with Gasteiger partial charge in [-0.3, -0.25) is 4.79 Å². The van der Waals surface area contributed by atoms with Crippen molar-refractivity contribution in [2.75, 3.05) is 27.9 Å². The topological polar surface area (TPSA) is 61.1 Å². The number of hydrogen-bond acceptors (Lipinski definition) is 5. The summed E-state index contributed by atoms with van der Waals surface area (Å²) in [7, 11) is 4.86. The number of rotatable bonds is 5. The first-order valence-corrected chi connectivity index (χ1v) is 9.67. The van der Waals surface area contributed by atoms with Crippen molar-refractivity contribution in [3.05, 3.63) is 53.3 Å². The number of aryl methyl sites for hydroxylation is 1. The van der Waals surface area contributed by atoms with Crippen LogP contribution in [0.15, 0.2) is 40.8 Å². The largest absolute Gasteiger partial charge is 0.497 e. The molecular formula is C23H25NO5. The zero-order valence-electron chi connectivity index (χ0n) is 17.2. The molecule has 1 unspecified atom stereocenters. The van der Waals surface area contributed by atoms with Gasteiger partial charge in [0.1, 0.15) is 11.3 Å². The third kappa shape index (κ3) is 3.28. The molecule has 1 aromatic heterocycles. The average molecular weight is 395 g/mol. The quantitative estimate of drug-likeness (QED) is 0.624. The van der Waals surface area contributed by atoms with Crippen molar-refractivity contribution in [3.8, 4) is 17.2 Å². The number of methoxy groups -OCH3 is 3. The van der Waals surface area contributed by atoms with Gasteiger partial charge in [-0.1, -0.05) is 6.07 Å². The van der Waals surface area contributed by atoms with E-state index in [4.69, 9.17) is 18.6 Å². The molecule has 1 aliphatic heterocycles. The molecule has 0 N–H and O–H groups in total. The van der Waals surface area contributed by atoms with Crippen molar-refractivity contribution in [3.63, 3.8) is 0 Å². The Labute approximate surface area is 170 Å². The monoisotopic (exact) mass is 395 g/mol. The predicted octanol–water partition coefficient (Wildman–Crippen LogP) is 4.74. The highest BCUT2D eigenvalue weighted by molar-refractivity contribution is 5.99. The van der Waals surface area contributed by atoms with E-state index < -0.39 is 0 Å². The molecule has 2 heterocycles. The second-order valence-corrected chi connectivity index (χ2v) is 7.19. The third-order valence-electron chi connectivity index (χ3n) is 5.64. The lowest BCUT2D eigenvalue weighted by Gasteiger charge is -2.25. The fourth-order valence-electron chi connectivity index (χ4n) is 4.08. The van der Waals surface area contributed by atoms with Crippen LogP contribution in [0.5, 0.6) is 17.2 Å². The first-order valence-electron chi connectivity index (χ1n) is 9.67. The Morgan fingerprint density at radius 3 is 2.55 bits per heavy atom. The summed E-state index contributed by atoms with van der Waals surface area (Å²) in [6.07, 6.45) is 1.84. The van der Waals surface area contributed by atoms with Gasteiger partial charge in [0, 0.05) is 17.5 Å². The van der Waals surface area contributed by atoms with Gasteiger partial charge in [0.25, 0.3) is 5.91 Å². The molecule has 0 spiro atoms.